The molecule has 0 aliphatic rings. The molecular formula is C12H11N3O2. The molecule has 2 aromatic rings. The maximum absolute atomic E-state index is 10.9. The molecule has 0 radical (unpaired) electrons. The van der Waals surface area contributed by atoms with Gasteiger partial charge < -0.3 is 10.4 Å². The Hall–Kier alpha value is -2.43. The molecule has 0 saturated carbocycles. The number of hydrogen-bond acceptors (Lipinski definition) is 4. The molecule has 0 bridgehead atoms. The van der Waals surface area contributed by atoms with Crippen molar-refractivity contribution in [2.45, 2.75) is 6.92 Å². The van der Waals surface area contributed by atoms with E-state index in [1.807, 2.05) is 31.2 Å². The Morgan fingerprint density at radius 2 is 1.82 bits per heavy atom. The Kier molecular flexibility index (Phi) is 3.00. The van der Waals surface area contributed by atoms with Gasteiger partial charge in [0.25, 0.3) is 0 Å². The minimum absolute atomic E-state index is 0.0897. The first-order valence-electron chi connectivity index (χ1n) is 5.05. The molecule has 0 atom stereocenters. The van der Waals surface area contributed by atoms with Crippen LogP contribution in [-0.4, -0.2) is 21.0 Å². The van der Waals surface area contributed by atoms with E-state index >= 15 is 0 Å². The normalized spacial score (nSPS) is 9.94. The molecule has 17 heavy (non-hydrogen) atoms. The van der Waals surface area contributed by atoms with Crippen molar-refractivity contribution in [3.63, 3.8) is 0 Å². The molecule has 0 spiro atoms. The van der Waals surface area contributed by atoms with Gasteiger partial charge in [-0.25, -0.2) is 14.8 Å². The monoisotopic (exact) mass is 229 g/mol. The fraction of sp³-hybridized carbons (Fsp3) is 0.0833. The lowest BCUT2D eigenvalue weighted by Crippen LogP contribution is -2.07. The number of aromatic nitrogens is 2. The molecule has 86 valence electrons. The van der Waals surface area contributed by atoms with Crippen molar-refractivity contribution in [1.82, 2.24) is 9.97 Å². The smallest absolute Gasteiger partial charge is 0.358 e. The molecule has 1 heterocycles. The van der Waals surface area contributed by atoms with Gasteiger partial charge in [-0.15, -0.1) is 0 Å². The van der Waals surface area contributed by atoms with Crippen LogP contribution in [0.5, 0.6) is 0 Å². The number of aryl methyl sites for hydroxylation is 1. The number of nitrogens with one attached hydrogen (secondary N) is 1. The van der Waals surface area contributed by atoms with Crippen molar-refractivity contribution in [3.05, 3.63) is 47.9 Å². The van der Waals surface area contributed by atoms with Crippen molar-refractivity contribution >= 4 is 17.5 Å². The van der Waals surface area contributed by atoms with Gasteiger partial charge in [-0.1, -0.05) is 17.7 Å². The van der Waals surface area contributed by atoms with Gasteiger partial charge in [0.2, 0.25) is 0 Å². The zero-order valence-electron chi connectivity index (χ0n) is 9.21. The van der Waals surface area contributed by atoms with Gasteiger partial charge in [0.15, 0.2) is 11.5 Å². The number of benzene rings is 1. The minimum Gasteiger partial charge on any atom is -0.476 e. The molecule has 1 aromatic heterocycles. The number of nitrogens with zero attached hydrogens (tertiary/aromatic N) is 2. The quantitative estimate of drug-likeness (QED) is 0.844. The number of carboxylic acid groups (broad SMARTS) is 1. The van der Waals surface area contributed by atoms with Gasteiger partial charge in [-0.3, -0.25) is 0 Å². The minimum atomic E-state index is -1.10. The van der Waals surface area contributed by atoms with E-state index < -0.39 is 5.97 Å². The van der Waals surface area contributed by atoms with Gasteiger partial charge in [0.1, 0.15) is 0 Å². The number of rotatable bonds is 3. The van der Waals surface area contributed by atoms with Crippen molar-refractivity contribution < 1.29 is 9.90 Å². The largest absolute Gasteiger partial charge is 0.476 e. The summed E-state index contributed by atoms with van der Waals surface area (Å²) in [5.74, 6) is -0.864. The number of carboxylic acids is 1. The van der Waals surface area contributed by atoms with Crippen molar-refractivity contribution in [2.24, 2.45) is 0 Å². The van der Waals surface area contributed by atoms with Crippen LogP contribution in [0.3, 0.4) is 0 Å². The molecule has 0 aliphatic carbocycles. The first-order chi connectivity index (χ1) is 8.16. The first kappa shape index (κ1) is 11.1. The third kappa shape index (κ3) is 2.57. The van der Waals surface area contributed by atoms with E-state index in [4.69, 9.17) is 5.11 Å². The number of aromatic carboxylic acids is 1. The highest BCUT2D eigenvalue weighted by Gasteiger charge is 2.12. The fourth-order valence-electron chi connectivity index (χ4n) is 1.36. The average Bonchev–Trinajstić information content (AvgIpc) is 2.32. The van der Waals surface area contributed by atoms with Crippen LogP contribution in [0.25, 0.3) is 0 Å². The molecule has 5 heteroatoms. The summed E-state index contributed by atoms with van der Waals surface area (Å²) in [6.07, 6.45) is 2.80. The van der Waals surface area contributed by atoms with Gasteiger partial charge >= 0.3 is 5.97 Å². The van der Waals surface area contributed by atoms with E-state index in [-0.39, 0.29) is 11.5 Å². The van der Waals surface area contributed by atoms with Gasteiger partial charge in [0.05, 0.1) is 0 Å². The topological polar surface area (TPSA) is 75.1 Å². The Morgan fingerprint density at radius 3 is 2.47 bits per heavy atom. The van der Waals surface area contributed by atoms with Gasteiger partial charge in [0, 0.05) is 18.1 Å². The van der Waals surface area contributed by atoms with E-state index in [2.05, 4.69) is 15.3 Å². The predicted molar refractivity (Wildman–Crippen MR) is 63.5 cm³/mol. The SMILES string of the molecule is Cc1ccc(Nc2nccnc2C(=O)O)cc1. The molecule has 0 aliphatic heterocycles. The molecule has 0 fully saturated rings. The van der Waals surface area contributed by atoms with Gasteiger partial charge in [-0.2, -0.15) is 0 Å². The van der Waals surface area contributed by atoms with E-state index in [0.29, 0.717) is 0 Å². The third-order valence-electron chi connectivity index (χ3n) is 2.22. The van der Waals surface area contributed by atoms with E-state index in [1.54, 1.807) is 0 Å². The number of hydrogen-bond donors (Lipinski definition) is 2. The Bertz CT molecular complexity index is 538. The van der Waals surface area contributed by atoms with Crippen LogP contribution in [0.1, 0.15) is 16.1 Å². The summed E-state index contributed by atoms with van der Waals surface area (Å²) < 4.78 is 0. The number of carbonyl (C=O) groups is 1. The molecular weight excluding hydrogens is 218 g/mol. The zero-order valence-corrected chi connectivity index (χ0v) is 9.21. The summed E-state index contributed by atoms with van der Waals surface area (Å²) in [4.78, 5) is 18.7. The zero-order chi connectivity index (χ0) is 12.3. The van der Waals surface area contributed by atoms with Crippen molar-refractivity contribution in [1.29, 1.82) is 0 Å². The molecule has 1 aromatic carbocycles. The lowest BCUT2D eigenvalue weighted by Gasteiger charge is -2.07. The summed E-state index contributed by atoms with van der Waals surface area (Å²) in [5, 5.41) is 11.9. The summed E-state index contributed by atoms with van der Waals surface area (Å²) in [5.41, 5.74) is 1.82. The third-order valence-corrected chi connectivity index (χ3v) is 2.22. The maximum atomic E-state index is 10.9. The molecule has 2 N–H and O–H groups in total. The van der Waals surface area contributed by atoms with Crippen LogP contribution in [0.2, 0.25) is 0 Å². The molecule has 5 nitrogen and oxygen atoms in total. The molecule has 0 amide bonds. The van der Waals surface area contributed by atoms with Gasteiger partial charge in [-0.05, 0) is 19.1 Å². The predicted octanol–water partition coefficient (Wildman–Crippen LogP) is 2.23. The fourth-order valence-corrected chi connectivity index (χ4v) is 1.36. The lowest BCUT2D eigenvalue weighted by atomic mass is 10.2. The highest BCUT2D eigenvalue weighted by atomic mass is 16.4. The summed E-state index contributed by atoms with van der Waals surface area (Å²) in [6, 6.07) is 7.57. The lowest BCUT2D eigenvalue weighted by molar-refractivity contribution is 0.0691. The van der Waals surface area contributed by atoms with E-state index in [9.17, 15) is 4.79 Å². The van der Waals surface area contributed by atoms with Crippen molar-refractivity contribution in [3.8, 4) is 0 Å². The van der Waals surface area contributed by atoms with Crippen LogP contribution in [-0.2, 0) is 0 Å². The van der Waals surface area contributed by atoms with Crippen LogP contribution >= 0.6 is 0 Å². The van der Waals surface area contributed by atoms with Crippen LogP contribution in [0, 0.1) is 6.92 Å². The van der Waals surface area contributed by atoms with E-state index in [0.717, 1.165) is 11.3 Å². The second kappa shape index (κ2) is 4.61. The van der Waals surface area contributed by atoms with Crippen LogP contribution in [0.4, 0.5) is 11.5 Å². The van der Waals surface area contributed by atoms with Crippen molar-refractivity contribution in [2.75, 3.05) is 5.32 Å². The van der Waals surface area contributed by atoms with Crippen LogP contribution in [0.15, 0.2) is 36.7 Å². The molecule has 0 saturated heterocycles. The second-order valence-corrected chi connectivity index (χ2v) is 3.55. The summed E-state index contributed by atoms with van der Waals surface area (Å²) in [7, 11) is 0. The first-order valence-corrected chi connectivity index (χ1v) is 5.05. The average molecular weight is 229 g/mol. The highest BCUT2D eigenvalue weighted by molar-refractivity contribution is 5.91. The summed E-state index contributed by atoms with van der Waals surface area (Å²) >= 11 is 0. The Morgan fingerprint density at radius 1 is 1.18 bits per heavy atom. The standard InChI is InChI=1S/C12H11N3O2/c1-8-2-4-9(5-3-8)15-11-10(12(16)17)13-6-7-14-11/h2-7H,1H3,(H,14,15)(H,16,17). The Labute approximate surface area is 98.2 Å². The second-order valence-electron chi connectivity index (χ2n) is 3.55. The molecule has 2 rings (SSSR count). The van der Waals surface area contributed by atoms with Crippen LogP contribution < -0.4 is 5.32 Å². The Balaban J connectivity index is 2.30. The maximum Gasteiger partial charge on any atom is 0.358 e. The number of anilines is 2. The van der Waals surface area contributed by atoms with E-state index in [1.165, 1.54) is 12.4 Å². The highest BCUT2D eigenvalue weighted by Crippen LogP contribution is 2.17. The molecule has 0 unspecified atom stereocenters. The summed E-state index contributed by atoms with van der Waals surface area (Å²) in [6.45, 7) is 1.98.